The van der Waals surface area contributed by atoms with Crippen LogP contribution in [-0.4, -0.2) is 6.21 Å². The summed E-state index contributed by atoms with van der Waals surface area (Å²) in [7, 11) is 0. The zero-order valence-electron chi connectivity index (χ0n) is 14.2. The first-order valence-corrected chi connectivity index (χ1v) is 9.13. The average Bonchev–Trinajstić information content (AvgIpc) is 2.67. The molecule has 3 rings (SSSR count). The van der Waals surface area contributed by atoms with Gasteiger partial charge in [-0.3, -0.25) is 4.99 Å². The first kappa shape index (κ1) is 17.4. The van der Waals surface area contributed by atoms with Gasteiger partial charge in [0.1, 0.15) is 12.4 Å². The van der Waals surface area contributed by atoms with Gasteiger partial charge in [0.05, 0.1) is 5.69 Å². The lowest BCUT2D eigenvalue weighted by atomic mass is 10.1. The summed E-state index contributed by atoms with van der Waals surface area (Å²) in [5.74, 6) is 0.833. The van der Waals surface area contributed by atoms with Crippen LogP contribution >= 0.6 is 15.9 Å². The second-order valence-corrected chi connectivity index (χ2v) is 6.65. The predicted octanol–water partition coefficient (Wildman–Crippen LogP) is 6.34. The third kappa shape index (κ3) is 5.04. The number of aliphatic imine (C=N–C) groups is 1. The van der Waals surface area contributed by atoms with Crippen molar-refractivity contribution in [3.63, 3.8) is 0 Å². The molecule has 3 heteroatoms. The monoisotopic (exact) mass is 393 g/mol. The highest BCUT2D eigenvalue weighted by molar-refractivity contribution is 9.10. The molecule has 0 amide bonds. The van der Waals surface area contributed by atoms with Gasteiger partial charge < -0.3 is 4.74 Å². The van der Waals surface area contributed by atoms with E-state index in [0.717, 1.165) is 33.5 Å². The van der Waals surface area contributed by atoms with Gasteiger partial charge in [0.25, 0.3) is 0 Å². The molecule has 0 atom stereocenters. The number of hydrogen-bond acceptors (Lipinski definition) is 2. The fourth-order valence-corrected chi connectivity index (χ4v) is 2.69. The van der Waals surface area contributed by atoms with E-state index in [4.69, 9.17) is 4.74 Å². The van der Waals surface area contributed by atoms with Crippen LogP contribution in [0.25, 0.3) is 0 Å². The third-order valence-corrected chi connectivity index (χ3v) is 4.45. The molecule has 0 fully saturated rings. The molecule has 0 aliphatic rings. The van der Waals surface area contributed by atoms with Crippen LogP contribution in [0.5, 0.6) is 5.75 Å². The van der Waals surface area contributed by atoms with Crippen molar-refractivity contribution >= 4 is 27.8 Å². The molecule has 126 valence electrons. The number of halogens is 1. The molecule has 0 aromatic heterocycles. The van der Waals surface area contributed by atoms with Crippen LogP contribution in [0.3, 0.4) is 0 Å². The topological polar surface area (TPSA) is 21.6 Å². The van der Waals surface area contributed by atoms with Gasteiger partial charge >= 0.3 is 0 Å². The molecule has 0 bridgehead atoms. The summed E-state index contributed by atoms with van der Waals surface area (Å²) >= 11 is 3.45. The molecule has 0 heterocycles. The number of nitrogens with zero attached hydrogens (tertiary/aromatic N) is 1. The minimum Gasteiger partial charge on any atom is -0.488 e. The SMILES string of the molecule is CCc1ccc(N=Cc2ccccc2OCc2ccc(Br)cc2)cc1. The van der Waals surface area contributed by atoms with Crippen LogP contribution in [0, 0.1) is 0 Å². The molecule has 3 aromatic rings. The fraction of sp³-hybridized carbons (Fsp3) is 0.136. The van der Waals surface area contributed by atoms with Crippen molar-refractivity contribution in [2.24, 2.45) is 4.99 Å². The zero-order valence-corrected chi connectivity index (χ0v) is 15.7. The summed E-state index contributed by atoms with van der Waals surface area (Å²) < 4.78 is 7.05. The summed E-state index contributed by atoms with van der Waals surface area (Å²) in [6, 6.07) is 24.4. The minimum absolute atomic E-state index is 0.531. The Bertz CT molecular complexity index is 839. The van der Waals surface area contributed by atoms with Gasteiger partial charge in [-0.05, 0) is 53.9 Å². The van der Waals surface area contributed by atoms with Crippen LogP contribution in [0.1, 0.15) is 23.6 Å². The fourth-order valence-electron chi connectivity index (χ4n) is 2.42. The van der Waals surface area contributed by atoms with E-state index in [1.807, 2.05) is 54.7 Å². The van der Waals surface area contributed by atoms with Gasteiger partial charge in [-0.2, -0.15) is 0 Å². The van der Waals surface area contributed by atoms with Gasteiger partial charge in [0, 0.05) is 16.3 Å². The van der Waals surface area contributed by atoms with Gasteiger partial charge in [-0.25, -0.2) is 0 Å². The number of hydrogen-bond donors (Lipinski definition) is 0. The van der Waals surface area contributed by atoms with E-state index in [-0.39, 0.29) is 0 Å². The maximum atomic E-state index is 5.98. The van der Waals surface area contributed by atoms with E-state index < -0.39 is 0 Å². The van der Waals surface area contributed by atoms with Gasteiger partial charge in [0.2, 0.25) is 0 Å². The number of para-hydroxylation sites is 1. The van der Waals surface area contributed by atoms with Crippen molar-refractivity contribution in [1.82, 2.24) is 0 Å². The predicted molar refractivity (Wildman–Crippen MR) is 108 cm³/mol. The highest BCUT2D eigenvalue weighted by atomic mass is 79.9. The smallest absolute Gasteiger partial charge is 0.128 e. The quantitative estimate of drug-likeness (QED) is 0.447. The van der Waals surface area contributed by atoms with Gasteiger partial charge in [-0.1, -0.05) is 59.3 Å². The first-order valence-electron chi connectivity index (χ1n) is 8.34. The Labute approximate surface area is 157 Å². The van der Waals surface area contributed by atoms with Crippen molar-refractivity contribution < 1.29 is 4.74 Å². The van der Waals surface area contributed by atoms with Crippen molar-refractivity contribution in [1.29, 1.82) is 0 Å². The van der Waals surface area contributed by atoms with E-state index in [2.05, 4.69) is 52.1 Å². The third-order valence-electron chi connectivity index (χ3n) is 3.92. The molecule has 0 unspecified atom stereocenters. The molecule has 0 aliphatic heterocycles. The van der Waals surface area contributed by atoms with E-state index in [9.17, 15) is 0 Å². The Hall–Kier alpha value is -2.39. The van der Waals surface area contributed by atoms with Gasteiger partial charge in [-0.15, -0.1) is 0 Å². The number of ether oxygens (including phenoxy) is 1. The molecule has 25 heavy (non-hydrogen) atoms. The van der Waals surface area contributed by atoms with Crippen LogP contribution in [-0.2, 0) is 13.0 Å². The van der Waals surface area contributed by atoms with Crippen molar-refractivity contribution in [2.75, 3.05) is 0 Å². The highest BCUT2D eigenvalue weighted by Gasteiger charge is 2.02. The summed E-state index contributed by atoms with van der Waals surface area (Å²) in [5.41, 5.74) is 4.36. The van der Waals surface area contributed by atoms with Crippen LogP contribution in [0.2, 0.25) is 0 Å². The lowest BCUT2D eigenvalue weighted by Gasteiger charge is -2.09. The standard InChI is InChI=1S/C22H20BrNO/c1-2-17-9-13-21(14-10-17)24-15-19-5-3-4-6-22(19)25-16-18-7-11-20(23)12-8-18/h3-15H,2,16H2,1H3. The molecule has 0 spiro atoms. The largest absolute Gasteiger partial charge is 0.488 e. The number of rotatable bonds is 6. The molecular weight excluding hydrogens is 374 g/mol. The summed E-state index contributed by atoms with van der Waals surface area (Å²) in [6.07, 6.45) is 2.90. The maximum Gasteiger partial charge on any atom is 0.128 e. The first-order chi connectivity index (χ1) is 12.2. The van der Waals surface area contributed by atoms with Crippen LogP contribution in [0.4, 0.5) is 5.69 Å². The van der Waals surface area contributed by atoms with Crippen molar-refractivity contribution in [3.8, 4) is 5.75 Å². The Morgan fingerprint density at radius 1 is 0.880 bits per heavy atom. The Morgan fingerprint density at radius 2 is 1.56 bits per heavy atom. The Kier molecular flexibility index (Phi) is 6.02. The summed E-state index contributed by atoms with van der Waals surface area (Å²) in [6.45, 7) is 2.68. The van der Waals surface area contributed by atoms with E-state index in [1.165, 1.54) is 5.56 Å². The van der Waals surface area contributed by atoms with Crippen LogP contribution < -0.4 is 4.74 Å². The molecular formula is C22H20BrNO. The molecule has 0 saturated heterocycles. The lowest BCUT2D eigenvalue weighted by Crippen LogP contribution is -1.98. The second-order valence-electron chi connectivity index (χ2n) is 5.73. The van der Waals surface area contributed by atoms with Crippen LogP contribution in [0.15, 0.2) is 82.3 Å². The van der Waals surface area contributed by atoms with Crippen molar-refractivity contribution in [3.05, 3.63) is 94.0 Å². The maximum absolute atomic E-state index is 5.98. The molecule has 2 nitrogen and oxygen atoms in total. The summed E-state index contributed by atoms with van der Waals surface area (Å²) in [4.78, 5) is 4.57. The molecule has 0 N–H and O–H groups in total. The normalized spacial score (nSPS) is 11.0. The highest BCUT2D eigenvalue weighted by Crippen LogP contribution is 2.20. The Balaban J connectivity index is 1.71. The molecule has 3 aromatic carbocycles. The second kappa shape index (κ2) is 8.63. The molecule has 0 saturated carbocycles. The van der Waals surface area contributed by atoms with E-state index in [0.29, 0.717) is 6.61 Å². The van der Waals surface area contributed by atoms with Gasteiger partial charge in [0.15, 0.2) is 0 Å². The summed E-state index contributed by atoms with van der Waals surface area (Å²) in [5, 5.41) is 0. The number of benzene rings is 3. The molecule has 0 radical (unpaired) electrons. The Morgan fingerprint density at radius 3 is 2.28 bits per heavy atom. The minimum atomic E-state index is 0.531. The zero-order chi connectivity index (χ0) is 17.5. The van der Waals surface area contributed by atoms with E-state index >= 15 is 0 Å². The lowest BCUT2D eigenvalue weighted by molar-refractivity contribution is 0.306. The molecule has 0 aliphatic carbocycles. The van der Waals surface area contributed by atoms with E-state index in [1.54, 1.807) is 0 Å². The number of aryl methyl sites for hydroxylation is 1. The van der Waals surface area contributed by atoms with Crippen molar-refractivity contribution in [2.45, 2.75) is 20.0 Å². The average molecular weight is 394 g/mol.